The van der Waals surface area contributed by atoms with Crippen molar-refractivity contribution in [3.8, 4) is 0 Å². The molecule has 28 heavy (non-hydrogen) atoms. The van der Waals surface area contributed by atoms with E-state index in [1.54, 1.807) is 17.5 Å². The third-order valence-corrected chi connectivity index (χ3v) is 4.72. The van der Waals surface area contributed by atoms with E-state index >= 15 is 0 Å². The molecule has 0 bridgehead atoms. The minimum atomic E-state index is -0.577. The van der Waals surface area contributed by atoms with Crippen molar-refractivity contribution in [3.63, 3.8) is 0 Å². The zero-order chi connectivity index (χ0) is 20.5. The van der Waals surface area contributed by atoms with Crippen molar-refractivity contribution in [2.75, 3.05) is 37.0 Å². The number of nitrogens with one attached hydrogen (secondary N) is 1. The van der Waals surface area contributed by atoms with Crippen LogP contribution in [0.4, 0.5) is 10.8 Å². The second kappa shape index (κ2) is 10.4. The Morgan fingerprint density at radius 1 is 1.14 bits per heavy atom. The lowest BCUT2D eigenvalue weighted by atomic mass is 10.2. The first kappa shape index (κ1) is 21.4. The molecular formula is C19H23N3O5S. The molecule has 0 fully saturated rings. The summed E-state index contributed by atoms with van der Waals surface area (Å²) in [5.74, 6) is -1.50. The van der Waals surface area contributed by atoms with Crippen LogP contribution in [0.1, 0.15) is 29.9 Å². The summed E-state index contributed by atoms with van der Waals surface area (Å²) in [6.45, 7) is 5.44. The number of rotatable bonds is 9. The van der Waals surface area contributed by atoms with Crippen molar-refractivity contribution in [3.05, 3.63) is 40.9 Å². The van der Waals surface area contributed by atoms with Gasteiger partial charge < -0.3 is 14.4 Å². The minimum absolute atomic E-state index is 0.0291. The first-order chi connectivity index (χ1) is 13.5. The summed E-state index contributed by atoms with van der Waals surface area (Å²) < 4.78 is 9.60. The Bertz CT molecular complexity index is 815. The molecule has 0 saturated heterocycles. The molecule has 0 aliphatic carbocycles. The smallest absolute Gasteiger partial charge is 0.338 e. The molecule has 8 nitrogen and oxygen atoms in total. The lowest BCUT2D eigenvalue weighted by molar-refractivity contribution is -0.139. The van der Waals surface area contributed by atoms with Gasteiger partial charge in [-0.25, -0.2) is 9.78 Å². The number of thiazole rings is 1. The minimum Gasteiger partial charge on any atom is -0.469 e. The zero-order valence-corrected chi connectivity index (χ0v) is 16.9. The fourth-order valence-electron chi connectivity index (χ4n) is 2.43. The Labute approximate surface area is 167 Å². The summed E-state index contributed by atoms with van der Waals surface area (Å²) in [5, 5.41) is 4.50. The van der Waals surface area contributed by atoms with E-state index in [0.29, 0.717) is 16.4 Å². The third-order valence-electron chi connectivity index (χ3n) is 3.92. The van der Waals surface area contributed by atoms with Crippen LogP contribution >= 0.6 is 11.3 Å². The maximum Gasteiger partial charge on any atom is 0.338 e. The Kier molecular flexibility index (Phi) is 7.94. The van der Waals surface area contributed by atoms with E-state index in [0.717, 1.165) is 18.8 Å². The highest BCUT2D eigenvalue weighted by molar-refractivity contribution is 7.13. The van der Waals surface area contributed by atoms with E-state index < -0.39 is 24.5 Å². The highest BCUT2D eigenvalue weighted by Crippen LogP contribution is 2.17. The number of methoxy groups -OCH3 is 1. The largest absolute Gasteiger partial charge is 0.469 e. The van der Waals surface area contributed by atoms with E-state index in [4.69, 9.17) is 4.74 Å². The maximum atomic E-state index is 12.1. The van der Waals surface area contributed by atoms with Crippen molar-refractivity contribution in [1.82, 2.24) is 4.98 Å². The summed E-state index contributed by atoms with van der Waals surface area (Å²) in [6, 6.07) is 7.05. The number of esters is 2. The predicted molar refractivity (Wildman–Crippen MR) is 107 cm³/mol. The Morgan fingerprint density at radius 2 is 1.82 bits per heavy atom. The summed E-state index contributed by atoms with van der Waals surface area (Å²) in [5.41, 5.74) is 1.89. The molecule has 150 valence electrons. The number of nitrogens with zero attached hydrogens (tertiary/aromatic N) is 2. The SMILES string of the molecule is CCN(CC)c1ccc(C(=O)OCC(=O)Nc2nc(CC(=O)OC)cs2)cc1. The van der Waals surface area contributed by atoms with Crippen LogP contribution in [-0.4, -0.2) is 49.6 Å². The van der Waals surface area contributed by atoms with Crippen LogP contribution in [0.2, 0.25) is 0 Å². The number of carbonyl (C=O) groups is 3. The Balaban J connectivity index is 1.83. The number of anilines is 2. The van der Waals surface area contributed by atoms with Gasteiger partial charge in [0.2, 0.25) is 0 Å². The molecule has 2 rings (SSSR count). The van der Waals surface area contributed by atoms with Crippen molar-refractivity contribution in [2.24, 2.45) is 0 Å². The zero-order valence-electron chi connectivity index (χ0n) is 16.1. The van der Waals surface area contributed by atoms with E-state index in [1.807, 2.05) is 12.1 Å². The van der Waals surface area contributed by atoms with Crippen LogP contribution in [0.15, 0.2) is 29.6 Å². The van der Waals surface area contributed by atoms with Gasteiger partial charge in [0.05, 0.1) is 24.8 Å². The number of amides is 1. The topological polar surface area (TPSA) is 97.8 Å². The molecule has 0 aliphatic rings. The van der Waals surface area contributed by atoms with Gasteiger partial charge in [-0.3, -0.25) is 14.9 Å². The highest BCUT2D eigenvalue weighted by atomic mass is 32.1. The van der Waals surface area contributed by atoms with E-state index in [9.17, 15) is 14.4 Å². The van der Waals surface area contributed by atoms with Gasteiger partial charge in [-0.15, -0.1) is 11.3 Å². The van der Waals surface area contributed by atoms with Gasteiger partial charge >= 0.3 is 11.9 Å². The van der Waals surface area contributed by atoms with Crippen LogP contribution in [-0.2, 0) is 25.5 Å². The molecule has 0 spiro atoms. The van der Waals surface area contributed by atoms with Crippen LogP contribution < -0.4 is 10.2 Å². The third kappa shape index (κ3) is 6.05. The predicted octanol–water partition coefficient (Wildman–Crippen LogP) is 2.50. The summed E-state index contributed by atoms with van der Waals surface area (Å²) in [7, 11) is 1.29. The molecule has 1 aromatic carbocycles. The van der Waals surface area contributed by atoms with E-state index in [1.165, 1.54) is 18.4 Å². The average Bonchev–Trinajstić information content (AvgIpc) is 3.14. The van der Waals surface area contributed by atoms with Crippen LogP contribution in [0.3, 0.4) is 0 Å². The van der Waals surface area contributed by atoms with Gasteiger partial charge in [0.15, 0.2) is 11.7 Å². The second-order valence-corrected chi connectivity index (χ2v) is 6.60. The van der Waals surface area contributed by atoms with Crippen LogP contribution in [0.5, 0.6) is 0 Å². The monoisotopic (exact) mass is 405 g/mol. The molecule has 0 aliphatic heterocycles. The summed E-state index contributed by atoms with van der Waals surface area (Å²) >= 11 is 1.17. The number of benzene rings is 1. The molecular weight excluding hydrogens is 382 g/mol. The number of aromatic nitrogens is 1. The second-order valence-electron chi connectivity index (χ2n) is 5.74. The van der Waals surface area contributed by atoms with Gasteiger partial charge in [-0.2, -0.15) is 0 Å². The Hall–Kier alpha value is -2.94. The maximum absolute atomic E-state index is 12.1. The molecule has 1 aromatic heterocycles. The molecule has 1 N–H and O–H groups in total. The van der Waals surface area contributed by atoms with E-state index in [2.05, 4.69) is 33.8 Å². The quantitative estimate of drug-likeness (QED) is 0.640. The number of hydrogen-bond donors (Lipinski definition) is 1. The first-order valence-electron chi connectivity index (χ1n) is 8.80. The summed E-state index contributed by atoms with van der Waals surface area (Å²) in [4.78, 5) is 41.5. The van der Waals surface area contributed by atoms with Gasteiger partial charge in [0.25, 0.3) is 5.91 Å². The van der Waals surface area contributed by atoms with Crippen LogP contribution in [0, 0.1) is 0 Å². The molecule has 0 atom stereocenters. The average molecular weight is 405 g/mol. The van der Waals surface area contributed by atoms with Gasteiger partial charge in [0.1, 0.15) is 0 Å². The molecule has 0 unspecified atom stereocenters. The van der Waals surface area contributed by atoms with Crippen molar-refractivity contribution in [1.29, 1.82) is 0 Å². The molecule has 1 amide bonds. The van der Waals surface area contributed by atoms with Gasteiger partial charge in [0, 0.05) is 24.2 Å². The Morgan fingerprint density at radius 3 is 2.43 bits per heavy atom. The fraction of sp³-hybridized carbons (Fsp3) is 0.368. The lowest BCUT2D eigenvalue weighted by Gasteiger charge is -2.20. The lowest BCUT2D eigenvalue weighted by Crippen LogP contribution is -2.22. The van der Waals surface area contributed by atoms with Gasteiger partial charge in [-0.05, 0) is 38.1 Å². The van der Waals surface area contributed by atoms with Crippen LogP contribution in [0.25, 0.3) is 0 Å². The highest BCUT2D eigenvalue weighted by Gasteiger charge is 2.13. The van der Waals surface area contributed by atoms with E-state index in [-0.39, 0.29) is 6.42 Å². The molecule has 0 radical (unpaired) electrons. The number of ether oxygens (including phenoxy) is 2. The van der Waals surface area contributed by atoms with Crippen molar-refractivity contribution >= 4 is 40.0 Å². The fourth-order valence-corrected chi connectivity index (χ4v) is 3.16. The normalized spacial score (nSPS) is 10.2. The van der Waals surface area contributed by atoms with Crippen molar-refractivity contribution < 1.29 is 23.9 Å². The number of hydrogen-bond acceptors (Lipinski definition) is 8. The van der Waals surface area contributed by atoms with Gasteiger partial charge in [-0.1, -0.05) is 0 Å². The molecule has 9 heteroatoms. The van der Waals surface area contributed by atoms with Crippen molar-refractivity contribution in [2.45, 2.75) is 20.3 Å². The number of carbonyl (C=O) groups excluding carboxylic acids is 3. The summed E-state index contributed by atoms with van der Waals surface area (Å²) in [6.07, 6.45) is 0.0291. The first-order valence-corrected chi connectivity index (χ1v) is 9.68. The molecule has 0 saturated carbocycles. The standard InChI is InChI=1S/C19H23N3O5S/c1-4-22(5-2)15-8-6-13(7-9-15)18(25)27-11-16(23)21-19-20-14(12-28-19)10-17(24)26-3/h6-9,12H,4-5,10-11H2,1-3H3,(H,20,21,23). The molecule has 1 heterocycles. The molecule has 2 aromatic rings.